The molecule has 3 heteroatoms. The summed E-state index contributed by atoms with van der Waals surface area (Å²) in [6.07, 6.45) is 1.21. The second kappa shape index (κ2) is 5.99. The minimum atomic E-state index is 0.265. The summed E-state index contributed by atoms with van der Waals surface area (Å²) in [5, 5.41) is 12.9. The summed E-state index contributed by atoms with van der Waals surface area (Å²) in [6.45, 7) is 13.5. The van der Waals surface area contributed by atoms with E-state index in [1.54, 1.807) is 0 Å². The Labute approximate surface area is 100 Å². The molecule has 0 aromatic heterocycles. The van der Waals surface area contributed by atoms with E-state index in [1.807, 2.05) is 0 Å². The highest BCUT2D eigenvalue weighted by molar-refractivity contribution is 4.86. The molecule has 96 valence electrons. The van der Waals surface area contributed by atoms with Gasteiger partial charge in [-0.05, 0) is 24.3 Å². The summed E-state index contributed by atoms with van der Waals surface area (Å²) in [5.41, 5.74) is 0.306. The predicted octanol–water partition coefficient (Wildman–Crippen LogP) is 1.32. The maximum atomic E-state index is 9.44. The standard InChI is InChI=1S/C13H28N2O/c1-11(2)5-6-15-10-13(3,4)9-14-7-12(15)8-16/h11-12,14,16H,5-10H2,1-4H3. The van der Waals surface area contributed by atoms with E-state index in [9.17, 15) is 5.11 Å². The van der Waals surface area contributed by atoms with Crippen LogP contribution in [0, 0.1) is 11.3 Å². The molecule has 0 aromatic carbocycles. The molecule has 1 atom stereocenters. The quantitative estimate of drug-likeness (QED) is 0.762. The predicted molar refractivity (Wildman–Crippen MR) is 68.6 cm³/mol. The number of nitrogens with zero attached hydrogens (tertiary/aromatic N) is 1. The van der Waals surface area contributed by atoms with Crippen LogP contribution in [0.5, 0.6) is 0 Å². The molecule has 1 rings (SSSR count). The molecule has 16 heavy (non-hydrogen) atoms. The number of aliphatic hydroxyl groups excluding tert-OH is 1. The number of hydrogen-bond acceptors (Lipinski definition) is 3. The molecule has 0 amide bonds. The van der Waals surface area contributed by atoms with Crippen LogP contribution in [-0.2, 0) is 0 Å². The molecule has 3 nitrogen and oxygen atoms in total. The van der Waals surface area contributed by atoms with Crippen LogP contribution in [0.2, 0.25) is 0 Å². The normalized spacial score (nSPS) is 27.0. The van der Waals surface area contributed by atoms with E-state index in [0.29, 0.717) is 11.5 Å². The van der Waals surface area contributed by atoms with Gasteiger partial charge in [-0.15, -0.1) is 0 Å². The largest absolute Gasteiger partial charge is 0.395 e. The molecule has 1 saturated heterocycles. The molecule has 1 aliphatic heterocycles. The lowest BCUT2D eigenvalue weighted by Crippen LogP contribution is -2.44. The highest BCUT2D eigenvalue weighted by Gasteiger charge is 2.29. The first kappa shape index (κ1) is 13.9. The molecule has 0 aliphatic carbocycles. The van der Waals surface area contributed by atoms with Gasteiger partial charge in [-0.25, -0.2) is 0 Å². The average molecular weight is 228 g/mol. The van der Waals surface area contributed by atoms with E-state index in [4.69, 9.17) is 0 Å². The van der Waals surface area contributed by atoms with E-state index >= 15 is 0 Å². The van der Waals surface area contributed by atoms with Crippen molar-refractivity contribution >= 4 is 0 Å². The monoisotopic (exact) mass is 228 g/mol. The first-order valence-electron chi connectivity index (χ1n) is 6.50. The van der Waals surface area contributed by atoms with Crippen molar-refractivity contribution in [1.82, 2.24) is 10.2 Å². The number of rotatable bonds is 4. The SMILES string of the molecule is CC(C)CCN1CC(C)(C)CNCC1CO. The van der Waals surface area contributed by atoms with Crippen molar-refractivity contribution in [2.24, 2.45) is 11.3 Å². The van der Waals surface area contributed by atoms with Crippen molar-refractivity contribution in [3.05, 3.63) is 0 Å². The topological polar surface area (TPSA) is 35.5 Å². The van der Waals surface area contributed by atoms with Crippen LogP contribution in [0.4, 0.5) is 0 Å². The minimum Gasteiger partial charge on any atom is -0.395 e. The van der Waals surface area contributed by atoms with Gasteiger partial charge in [-0.2, -0.15) is 0 Å². The smallest absolute Gasteiger partial charge is 0.0599 e. The number of hydrogen-bond donors (Lipinski definition) is 2. The number of nitrogens with one attached hydrogen (secondary N) is 1. The highest BCUT2D eigenvalue weighted by atomic mass is 16.3. The summed E-state index contributed by atoms with van der Waals surface area (Å²) in [6, 6.07) is 0.292. The minimum absolute atomic E-state index is 0.265. The lowest BCUT2D eigenvalue weighted by Gasteiger charge is -2.33. The lowest BCUT2D eigenvalue weighted by atomic mass is 9.93. The fourth-order valence-electron chi connectivity index (χ4n) is 2.31. The molecule has 1 unspecified atom stereocenters. The molecular formula is C13H28N2O. The van der Waals surface area contributed by atoms with Gasteiger partial charge in [0.2, 0.25) is 0 Å². The van der Waals surface area contributed by atoms with Gasteiger partial charge in [-0.3, -0.25) is 4.90 Å². The van der Waals surface area contributed by atoms with Gasteiger partial charge in [0.15, 0.2) is 0 Å². The van der Waals surface area contributed by atoms with Crippen molar-refractivity contribution in [2.45, 2.75) is 40.2 Å². The molecule has 1 heterocycles. The fourth-order valence-corrected chi connectivity index (χ4v) is 2.31. The average Bonchev–Trinajstić information content (AvgIpc) is 2.33. The maximum Gasteiger partial charge on any atom is 0.0599 e. The van der Waals surface area contributed by atoms with Crippen LogP contribution in [0.3, 0.4) is 0 Å². The highest BCUT2D eigenvalue weighted by Crippen LogP contribution is 2.21. The molecule has 2 N–H and O–H groups in total. The van der Waals surface area contributed by atoms with Gasteiger partial charge in [0, 0.05) is 25.7 Å². The summed E-state index contributed by atoms with van der Waals surface area (Å²) >= 11 is 0. The van der Waals surface area contributed by atoms with Crippen LogP contribution in [0.1, 0.15) is 34.1 Å². The van der Waals surface area contributed by atoms with E-state index in [1.165, 1.54) is 6.42 Å². The number of aliphatic hydroxyl groups is 1. The van der Waals surface area contributed by atoms with Crippen molar-refractivity contribution in [3.8, 4) is 0 Å². The molecule has 0 saturated carbocycles. The van der Waals surface area contributed by atoms with Crippen LogP contribution < -0.4 is 5.32 Å². The van der Waals surface area contributed by atoms with Crippen LogP contribution in [-0.4, -0.2) is 48.8 Å². The third kappa shape index (κ3) is 4.40. The zero-order valence-electron chi connectivity index (χ0n) is 11.3. The molecule has 1 fully saturated rings. The Kier molecular flexibility index (Phi) is 5.22. The molecular weight excluding hydrogens is 200 g/mol. The van der Waals surface area contributed by atoms with Crippen molar-refractivity contribution < 1.29 is 5.11 Å². The fraction of sp³-hybridized carbons (Fsp3) is 1.00. The molecule has 0 bridgehead atoms. The second-order valence-corrected chi connectivity index (χ2v) is 6.28. The zero-order valence-corrected chi connectivity index (χ0v) is 11.3. The Balaban J connectivity index is 2.57. The van der Waals surface area contributed by atoms with Gasteiger partial charge in [-0.1, -0.05) is 27.7 Å². The molecule has 0 aromatic rings. The summed E-state index contributed by atoms with van der Waals surface area (Å²) in [5.74, 6) is 0.735. The van der Waals surface area contributed by atoms with Gasteiger partial charge in [0.1, 0.15) is 0 Å². The molecule has 1 aliphatic rings. The third-order valence-electron chi connectivity index (χ3n) is 3.34. The summed E-state index contributed by atoms with van der Waals surface area (Å²) in [4.78, 5) is 2.46. The Hall–Kier alpha value is -0.120. The van der Waals surface area contributed by atoms with Crippen LogP contribution in [0.25, 0.3) is 0 Å². The first-order valence-corrected chi connectivity index (χ1v) is 6.50. The Morgan fingerprint density at radius 1 is 1.44 bits per heavy atom. The maximum absolute atomic E-state index is 9.44. The van der Waals surface area contributed by atoms with Gasteiger partial charge >= 0.3 is 0 Å². The van der Waals surface area contributed by atoms with Gasteiger partial charge < -0.3 is 10.4 Å². The molecule has 0 radical (unpaired) electrons. The van der Waals surface area contributed by atoms with Crippen LogP contribution >= 0.6 is 0 Å². The Morgan fingerprint density at radius 2 is 2.12 bits per heavy atom. The Morgan fingerprint density at radius 3 is 2.69 bits per heavy atom. The van der Waals surface area contributed by atoms with E-state index in [-0.39, 0.29) is 6.61 Å². The van der Waals surface area contributed by atoms with E-state index in [2.05, 4.69) is 37.9 Å². The zero-order chi connectivity index (χ0) is 12.2. The van der Waals surface area contributed by atoms with Gasteiger partial charge in [0.05, 0.1) is 6.61 Å². The molecule has 0 spiro atoms. The van der Waals surface area contributed by atoms with Crippen molar-refractivity contribution in [3.63, 3.8) is 0 Å². The lowest BCUT2D eigenvalue weighted by molar-refractivity contribution is 0.102. The van der Waals surface area contributed by atoms with Gasteiger partial charge in [0.25, 0.3) is 0 Å². The van der Waals surface area contributed by atoms with E-state index in [0.717, 1.165) is 32.1 Å². The first-order chi connectivity index (χ1) is 7.44. The van der Waals surface area contributed by atoms with Crippen molar-refractivity contribution in [2.75, 3.05) is 32.8 Å². The summed E-state index contributed by atoms with van der Waals surface area (Å²) in [7, 11) is 0. The van der Waals surface area contributed by atoms with Crippen molar-refractivity contribution in [1.29, 1.82) is 0 Å². The Bertz CT molecular complexity index is 204. The summed E-state index contributed by atoms with van der Waals surface area (Å²) < 4.78 is 0. The van der Waals surface area contributed by atoms with Crippen LogP contribution in [0.15, 0.2) is 0 Å². The third-order valence-corrected chi connectivity index (χ3v) is 3.34. The second-order valence-electron chi connectivity index (χ2n) is 6.28. The van der Waals surface area contributed by atoms with E-state index < -0.39 is 0 Å².